The zero-order chi connectivity index (χ0) is 18.4. The minimum Gasteiger partial charge on any atom is -0.326 e. The molecule has 1 aliphatic rings. The maximum atomic E-state index is 12.9. The van der Waals surface area contributed by atoms with E-state index in [1.807, 2.05) is 0 Å². The summed E-state index contributed by atoms with van der Waals surface area (Å²) in [7, 11) is -3.53. The topological polar surface area (TPSA) is 97.2 Å². The number of benzene rings is 1. The van der Waals surface area contributed by atoms with Crippen molar-refractivity contribution in [3.8, 4) is 0 Å². The molecule has 0 unspecified atom stereocenters. The van der Waals surface area contributed by atoms with Crippen LogP contribution in [-0.4, -0.2) is 46.5 Å². The first-order valence-corrected chi connectivity index (χ1v) is 10.2. The highest BCUT2D eigenvalue weighted by Gasteiger charge is 2.25. The first-order valence-electron chi connectivity index (χ1n) is 8.78. The first kappa shape index (κ1) is 18.5. The second-order valence-electron chi connectivity index (χ2n) is 6.30. The molecule has 0 bridgehead atoms. The van der Waals surface area contributed by atoms with Crippen molar-refractivity contribution >= 4 is 21.6 Å². The van der Waals surface area contributed by atoms with E-state index in [4.69, 9.17) is 0 Å². The molecule has 1 aromatic carbocycles. The van der Waals surface area contributed by atoms with Crippen LogP contribution in [0.5, 0.6) is 0 Å². The van der Waals surface area contributed by atoms with E-state index in [1.54, 1.807) is 33.5 Å². The van der Waals surface area contributed by atoms with Gasteiger partial charge >= 0.3 is 0 Å². The third-order valence-corrected chi connectivity index (χ3v) is 6.25. The molecule has 3 rings (SSSR count). The van der Waals surface area contributed by atoms with E-state index in [9.17, 15) is 13.2 Å². The number of hydrogen-bond donors (Lipinski definition) is 1. The fourth-order valence-electron chi connectivity index (χ4n) is 2.95. The third-order valence-electron chi connectivity index (χ3n) is 4.36. The van der Waals surface area contributed by atoms with Crippen molar-refractivity contribution in [2.45, 2.75) is 43.5 Å². The van der Waals surface area contributed by atoms with Crippen LogP contribution in [0.3, 0.4) is 0 Å². The summed E-state index contributed by atoms with van der Waals surface area (Å²) in [5.74, 6) is -0.204. The minimum atomic E-state index is -3.53. The molecule has 2 aromatic rings. The fourth-order valence-corrected chi connectivity index (χ4v) is 4.52. The van der Waals surface area contributed by atoms with E-state index in [-0.39, 0.29) is 17.2 Å². The van der Waals surface area contributed by atoms with E-state index in [0.717, 1.165) is 25.7 Å². The highest BCUT2D eigenvalue weighted by atomic mass is 32.2. The van der Waals surface area contributed by atoms with E-state index in [1.165, 1.54) is 12.4 Å². The number of rotatable bonds is 6. The van der Waals surface area contributed by atoms with Crippen LogP contribution in [0.25, 0.3) is 0 Å². The monoisotopic (exact) mass is 377 g/mol. The summed E-state index contributed by atoms with van der Waals surface area (Å²) in [4.78, 5) is 16.1. The van der Waals surface area contributed by atoms with Crippen LogP contribution < -0.4 is 5.32 Å². The van der Waals surface area contributed by atoms with Gasteiger partial charge in [-0.15, -0.1) is 0 Å². The maximum absolute atomic E-state index is 12.9. The Bertz CT molecular complexity index is 828. The van der Waals surface area contributed by atoms with Gasteiger partial charge in [0.15, 0.2) is 0 Å². The summed E-state index contributed by atoms with van der Waals surface area (Å²) in [6.45, 7) is 1.52. The number of aromatic nitrogens is 3. The number of sulfonamides is 1. The molecule has 0 saturated carbocycles. The molecule has 1 aliphatic heterocycles. The number of hydrogen-bond acceptors (Lipinski definition) is 5. The summed E-state index contributed by atoms with van der Waals surface area (Å²) in [6.07, 6.45) is 7.08. The molecule has 26 heavy (non-hydrogen) atoms. The van der Waals surface area contributed by atoms with Crippen LogP contribution in [0.1, 0.15) is 32.1 Å². The molecule has 2 heterocycles. The Balaban J connectivity index is 1.66. The summed E-state index contributed by atoms with van der Waals surface area (Å²) in [6, 6.07) is 6.44. The van der Waals surface area contributed by atoms with Gasteiger partial charge in [-0.1, -0.05) is 18.9 Å². The van der Waals surface area contributed by atoms with Gasteiger partial charge in [0.05, 0.1) is 11.4 Å². The molecule has 8 nitrogen and oxygen atoms in total. The molecule has 0 spiro atoms. The van der Waals surface area contributed by atoms with Gasteiger partial charge < -0.3 is 5.32 Å². The molecule has 9 heteroatoms. The average molecular weight is 377 g/mol. The number of amides is 1. The minimum absolute atomic E-state index is 0.204. The largest absolute Gasteiger partial charge is 0.326 e. The van der Waals surface area contributed by atoms with Crippen molar-refractivity contribution in [2.24, 2.45) is 0 Å². The average Bonchev–Trinajstić information content (AvgIpc) is 2.99. The smallest absolute Gasteiger partial charge is 0.243 e. The quantitative estimate of drug-likeness (QED) is 0.829. The van der Waals surface area contributed by atoms with Gasteiger partial charge in [-0.05, 0) is 31.0 Å². The van der Waals surface area contributed by atoms with Crippen molar-refractivity contribution in [3.05, 3.63) is 36.9 Å². The maximum Gasteiger partial charge on any atom is 0.243 e. The Hall–Kier alpha value is -2.26. The molecule has 1 saturated heterocycles. The summed E-state index contributed by atoms with van der Waals surface area (Å²) < 4.78 is 28.8. The van der Waals surface area contributed by atoms with Crippen molar-refractivity contribution in [2.75, 3.05) is 18.4 Å². The van der Waals surface area contributed by atoms with Crippen molar-refractivity contribution in [1.29, 1.82) is 0 Å². The van der Waals surface area contributed by atoms with Crippen molar-refractivity contribution in [1.82, 2.24) is 19.1 Å². The van der Waals surface area contributed by atoms with Crippen LogP contribution >= 0.6 is 0 Å². The lowest BCUT2D eigenvalue weighted by Gasteiger charge is -2.20. The van der Waals surface area contributed by atoms with E-state index < -0.39 is 10.0 Å². The molecule has 0 aliphatic carbocycles. The molecule has 0 radical (unpaired) electrons. The lowest BCUT2D eigenvalue weighted by molar-refractivity contribution is -0.116. The summed E-state index contributed by atoms with van der Waals surface area (Å²) in [5.41, 5.74) is 0.476. The predicted molar refractivity (Wildman–Crippen MR) is 96.9 cm³/mol. The zero-order valence-electron chi connectivity index (χ0n) is 14.5. The van der Waals surface area contributed by atoms with Gasteiger partial charge in [-0.2, -0.15) is 9.40 Å². The number of carbonyl (C=O) groups excluding carboxylic acids is 1. The van der Waals surface area contributed by atoms with Gasteiger partial charge in [0, 0.05) is 25.2 Å². The molecular weight excluding hydrogens is 354 g/mol. The Kier molecular flexibility index (Phi) is 6.00. The number of nitrogens with one attached hydrogen (secondary N) is 1. The lowest BCUT2D eigenvalue weighted by Crippen LogP contribution is -2.32. The molecule has 1 N–H and O–H groups in total. The Morgan fingerprint density at radius 2 is 1.92 bits per heavy atom. The lowest BCUT2D eigenvalue weighted by atomic mass is 10.2. The molecule has 140 valence electrons. The number of nitrogens with zero attached hydrogens (tertiary/aromatic N) is 4. The zero-order valence-corrected chi connectivity index (χ0v) is 15.4. The summed E-state index contributed by atoms with van der Waals surface area (Å²) >= 11 is 0. The Morgan fingerprint density at radius 3 is 2.62 bits per heavy atom. The Morgan fingerprint density at radius 1 is 1.15 bits per heavy atom. The van der Waals surface area contributed by atoms with Crippen LogP contribution in [0.4, 0.5) is 5.69 Å². The number of anilines is 1. The molecule has 1 amide bonds. The highest BCUT2D eigenvalue weighted by Crippen LogP contribution is 2.22. The standard InChI is InChI=1S/C17H23N5O3S/c23-17(8-11-21-14-18-13-19-21)20-15-6-5-7-16(12-15)26(24,25)22-9-3-1-2-4-10-22/h5-7,12-14H,1-4,8-11H2,(H,20,23). The van der Waals surface area contributed by atoms with Gasteiger partial charge in [0.2, 0.25) is 15.9 Å². The number of aryl methyl sites for hydroxylation is 1. The van der Waals surface area contributed by atoms with Crippen LogP contribution in [0.15, 0.2) is 41.8 Å². The second kappa shape index (κ2) is 8.41. The molecule has 1 fully saturated rings. The SMILES string of the molecule is O=C(CCn1cncn1)Nc1cccc(S(=O)(=O)N2CCCCCC2)c1. The number of carbonyl (C=O) groups is 1. The van der Waals surface area contributed by atoms with E-state index in [2.05, 4.69) is 15.4 Å². The molecule has 0 atom stereocenters. The normalized spacial score (nSPS) is 16.2. The van der Waals surface area contributed by atoms with Crippen LogP contribution in [-0.2, 0) is 21.4 Å². The molecular formula is C17H23N5O3S. The fraction of sp³-hybridized carbons (Fsp3) is 0.471. The van der Waals surface area contributed by atoms with Gasteiger partial charge in [0.25, 0.3) is 0 Å². The summed E-state index contributed by atoms with van der Waals surface area (Å²) in [5, 5.41) is 6.69. The molecule has 1 aromatic heterocycles. The predicted octanol–water partition coefficient (Wildman–Crippen LogP) is 1.87. The van der Waals surface area contributed by atoms with E-state index in [0.29, 0.717) is 25.3 Å². The van der Waals surface area contributed by atoms with Crippen LogP contribution in [0, 0.1) is 0 Å². The van der Waals surface area contributed by atoms with Gasteiger partial charge in [-0.3, -0.25) is 9.48 Å². The van der Waals surface area contributed by atoms with Crippen LogP contribution in [0.2, 0.25) is 0 Å². The Labute approximate surface area is 153 Å². The van der Waals surface area contributed by atoms with Gasteiger partial charge in [-0.25, -0.2) is 13.4 Å². The van der Waals surface area contributed by atoms with E-state index >= 15 is 0 Å². The van der Waals surface area contributed by atoms with Crippen molar-refractivity contribution < 1.29 is 13.2 Å². The highest BCUT2D eigenvalue weighted by molar-refractivity contribution is 7.89. The second-order valence-corrected chi connectivity index (χ2v) is 8.24. The third kappa shape index (κ3) is 4.67. The first-order chi connectivity index (χ1) is 12.6. The van der Waals surface area contributed by atoms with Gasteiger partial charge in [0.1, 0.15) is 12.7 Å². The van der Waals surface area contributed by atoms with Crippen molar-refractivity contribution in [3.63, 3.8) is 0 Å².